The summed E-state index contributed by atoms with van der Waals surface area (Å²) in [5.41, 5.74) is 17.8. The Hall–Kier alpha value is -5.20. The Kier molecular flexibility index (Phi) is 9.74. The number of benzene rings is 3. The molecule has 2 aliphatic heterocycles. The summed E-state index contributed by atoms with van der Waals surface area (Å²) in [4.78, 5) is 14.8. The van der Waals surface area contributed by atoms with E-state index in [0.717, 1.165) is 78.0 Å². The first kappa shape index (κ1) is 32.7. The Morgan fingerprint density at radius 2 is 1.62 bits per heavy atom. The Morgan fingerprint density at radius 1 is 0.875 bits per heavy atom. The van der Waals surface area contributed by atoms with Crippen molar-refractivity contribution in [2.75, 3.05) is 31.1 Å². The second-order valence-corrected chi connectivity index (χ2v) is 12.9. The van der Waals surface area contributed by atoms with Gasteiger partial charge in [0.1, 0.15) is 5.84 Å². The van der Waals surface area contributed by atoms with Gasteiger partial charge >= 0.3 is 0 Å². The van der Waals surface area contributed by atoms with E-state index in [9.17, 15) is 0 Å². The van der Waals surface area contributed by atoms with E-state index in [1.54, 1.807) is 0 Å². The van der Waals surface area contributed by atoms with E-state index >= 15 is 0 Å². The minimum Gasteiger partial charge on any atom is -0.369 e. The summed E-state index contributed by atoms with van der Waals surface area (Å²) in [6.07, 6.45) is 6.06. The summed E-state index contributed by atoms with van der Waals surface area (Å²) < 4.78 is 0. The van der Waals surface area contributed by atoms with Gasteiger partial charge in [0.2, 0.25) is 0 Å². The number of hydrogen-bond donors (Lipinski definition) is 1. The Balaban J connectivity index is 1.06. The number of pyridine rings is 1. The quantitative estimate of drug-likeness (QED) is 0.196. The number of nitrogens with zero attached hydrogens (tertiary/aromatic N) is 5. The van der Waals surface area contributed by atoms with Crippen molar-refractivity contribution in [3.05, 3.63) is 150 Å². The summed E-state index contributed by atoms with van der Waals surface area (Å²) in [6.45, 7) is 23.7. The zero-order valence-corrected chi connectivity index (χ0v) is 28.9. The van der Waals surface area contributed by atoms with Crippen LogP contribution in [0.2, 0.25) is 0 Å². The van der Waals surface area contributed by atoms with E-state index in [4.69, 9.17) is 9.98 Å². The van der Waals surface area contributed by atoms with Crippen LogP contribution in [-0.4, -0.2) is 46.9 Å². The van der Waals surface area contributed by atoms with Gasteiger partial charge in [0.25, 0.3) is 0 Å². The molecule has 0 unspecified atom stereocenters. The van der Waals surface area contributed by atoms with E-state index in [1.165, 1.54) is 33.5 Å². The molecule has 6 heteroatoms. The van der Waals surface area contributed by atoms with Crippen molar-refractivity contribution in [3.8, 4) is 22.4 Å². The van der Waals surface area contributed by atoms with Crippen molar-refractivity contribution in [2.45, 2.75) is 41.2 Å². The first-order chi connectivity index (χ1) is 23.2. The Labute approximate surface area is 286 Å². The van der Waals surface area contributed by atoms with E-state index < -0.39 is 0 Å². The molecule has 1 N–H and O–H groups in total. The Morgan fingerprint density at radius 3 is 2.29 bits per heavy atom. The normalized spacial score (nSPS) is 16.6. The number of piperazine rings is 1. The molecule has 6 rings (SSSR count). The van der Waals surface area contributed by atoms with Crippen molar-refractivity contribution in [3.63, 3.8) is 0 Å². The fourth-order valence-corrected chi connectivity index (χ4v) is 6.28. The molecule has 0 atom stereocenters. The number of aromatic nitrogens is 1. The van der Waals surface area contributed by atoms with Gasteiger partial charge in [0, 0.05) is 50.2 Å². The number of hydrogen-bond acceptors (Lipinski definition) is 5. The van der Waals surface area contributed by atoms with E-state index in [1.807, 2.05) is 56.3 Å². The molecule has 6 nitrogen and oxygen atoms in total. The maximum atomic E-state index is 4.91. The third-order valence-electron chi connectivity index (χ3n) is 9.32. The van der Waals surface area contributed by atoms with Crippen LogP contribution in [0.3, 0.4) is 0 Å². The maximum absolute atomic E-state index is 4.91. The topological polar surface area (TPSA) is 47.0 Å². The summed E-state index contributed by atoms with van der Waals surface area (Å²) >= 11 is 0. The molecular weight excluding hydrogens is 589 g/mol. The minimum atomic E-state index is 0.746. The molecule has 3 aromatic carbocycles. The molecule has 0 saturated carbocycles. The number of aryl methyl sites for hydroxylation is 2. The van der Waals surface area contributed by atoms with Crippen molar-refractivity contribution in [1.82, 2.24) is 20.3 Å². The number of nitrogens with one attached hydrogen (secondary N) is 1. The molecule has 0 spiro atoms. The number of allylic oxidation sites excluding steroid dienone is 3. The van der Waals surface area contributed by atoms with Crippen molar-refractivity contribution >= 4 is 17.2 Å². The number of hydrazine groups is 1. The Bertz CT molecular complexity index is 1900. The molecule has 0 amide bonds. The maximum Gasteiger partial charge on any atom is 0.145 e. The SMILES string of the molecule is C=C(C)/C(=C/C)N1NC(=Nc2cccc(-c3ccc(CN4CCN(c5ccc(-c6ccc(C)c(C)c6)cc5)CC4)cn3)c2)C=C(C)C1=C. The number of aliphatic imine (C=N–C) groups is 1. The van der Waals surface area contributed by atoms with Crippen LogP contribution in [0.4, 0.5) is 11.4 Å². The van der Waals surface area contributed by atoms with Crippen LogP contribution in [0.25, 0.3) is 22.4 Å². The zero-order chi connectivity index (χ0) is 33.8. The largest absolute Gasteiger partial charge is 0.369 e. The molecule has 0 bridgehead atoms. The monoisotopic (exact) mass is 634 g/mol. The summed E-state index contributed by atoms with van der Waals surface area (Å²) in [5, 5.41) is 1.95. The van der Waals surface area contributed by atoms with Gasteiger partial charge in [-0.15, -0.1) is 0 Å². The highest BCUT2D eigenvalue weighted by Gasteiger charge is 2.21. The fraction of sp³-hybridized carbons (Fsp3) is 0.238. The van der Waals surface area contributed by atoms with Gasteiger partial charge in [-0.3, -0.25) is 20.3 Å². The minimum absolute atomic E-state index is 0.746. The molecule has 244 valence electrons. The average Bonchev–Trinajstić information content (AvgIpc) is 3.09. The summed E-state index contributed by atoms with van der Waals surface area (Å²) in [7, 11) is 0. The van der Waals surface area contributed by atoms with E-state index in [0.29, 0.717) is 0 Å². The van der Waals surface area contributed by atoms with Gasteiger partial charge in [-0.25, -0.2) is 4.99 Å². The molecule has 1 aromatic heterocycles. The molecule has 4 aromatic rings. The van der Waals surface area contributed by atoms with Crippen LogP contribution in [0.15, 0.2) is 138 Å². The summed E-state index contributed by atoms with van der Waals surface area (Å²) in [5.74, 6) is 0.746. The average molecular weight is 635 g/mol. The van der Waals surface area contributed by atoms with Crippen molar-refractivity contribution < 1.29 is 0 Å². The lowest BCUT2D eigenvalue weighted by Crippen LogP contribution is -2.45. The van der Waals surface area contributed by atoms with Gasteiger partial charge < -0.3 is 4.90 Å². The first-order valence-corrected chi connectivity index (χ1v) is 16.7. The third kappa shape index (κ3) is 7.35. The van der Waals surface area contributed by atoms with Crippen LogP contribution in [0.1, 0.15) is 37.5 Å². The standard InChI is InChI=1S/C42H46N6/c1-8-41(29(2)3)48-33(7)32(6)25-42(45-48)44-38-11-9-10-37(26-38)40-19-13-34(27-43-40)28-46-20-22-47(23-21-46)39-17-15-35(16-18-39)36-14-12-30(4)31(5)24-36/h8-19,24-27H,2,7,20-23,28H2,1,3-6H3,(H,44,45)/b41-8-. The van der Waals surface area contributed by atoms with E-state index in [2.05, 4.69) is 109 Å². The molecule has 1 fully saturated rings. The molecule has 0 aliphatic carbocycles. The number of rotatable bonds is 8. The van der Waals surface area contributed by atoms with Gasteiger partial charge in [-0.1, -0.05) is 67.8 Å². The van der Waals surface area contributed by atoms with Crippen LogP contribution in [-0.2, 0) is 6.54 Å². The summed E-state index contributed by atoms with van der Waals surface area (Å²) in [6, 6.07) is 28.3. The highest BCUT2D eigenvalue weighted by Crippen LogP contribution is 2.28. The van der Waals surface area contributed by atoms with Crippen LogP contribution >= 0.6 is 0 Å². The smallest absolute Gasteiger partial charge is 0.145 e. The first-order valence-electron chi connectivity index (χ1n) is 16.7. The highest BCUT2D eigenvalue weighted by atomic mass is 15.5. The van der Waals surface area contributed by atoms with Gasteiger partial charge in [0.15, 0.2) is 0 Å². The van der Waals surface area contributed by atoms with Crippen LogP contribution in [0.5, 0.6) is 0 Å². The molecule has 2 aliphatic rings. The van der Waals surface area contributed by atoms with Gasteiger partial charge in [-0.05, 0) is 110 Å². The number of amidine groups is 1. The van der Waals surface area contributed by atoms with Gasteiger partial charge in [-0.2, -0.15) is 0 Å². The second-order valence-electron chi connectivity index (χ2n) is 12.9. The van der Waals surface area contributed by atoms with Crippen molar-refractivity contribution in [1.29, 1.82) is 0 Å². The number of anilines is 1. The lowest BCUT2D eigenvalue weighted by Gasteiger charge is -2.36. The predicted molar refractivity (Wildman–Crippen MR) is 202 cm³/mol. The lowest BCUT2D eigenvalue weighted by atomic mass is 10.0. The van der Waals surface area contributed by atoms with Crippen LogP contribution in [0, 0.1) is 13.8 Å². The second kappa shape index (κ2) is 14.3. The predicted octanol–water partition coefficient (Wildman–Crippen LogP) is 9.14. The lowest BCUT2D eigenvalue weighted by molar-refractivity contribution is 0.249. The van der Waals surface area contributed by atoms with E-state index in [-0.39, 0.29) is 0 Å². The zero-order valence-electron chi connectivity index (χ0n) is 28.9. The van der Waals surface area contributed by atoms with Crippen molar-refractivity contribution in [2.24, 2.45) is 4.99 Å². The molecule has 48 heavy (non-hydrogen) atoms. The fourth-order valence-electron chi connectivity index (χ4n) is 6.28. The van der Waals surface area contributed by atoms with Gasteiger partial charge in [0.05, 0.1) is 22.8 Å². The molecule has 3 heterocycles. The molecule has 1 saturated heterocycles. The third-order valence-corrected chi connectivity index (χ3v) is 9.32. The highest BCUT2D eigenvalue weighted by molar-refractivity contribution is 5.97. The van der Waals surface area contributed by atoms with Crippen LogP contribution < -0.4 is 10.3 Å². The molecular formula is C42H46N6. The molecule has 0 radical (unpaired) electrons.